The molecule has 0 aliphatic rings. The standard InChI is InChI=1S/C9H13N3.C4H5N/c1-4-8-11-7(3)9(12-8)6(2)5-10;1-2-4-5-3-1/h6H,4H2,1-3H3,(H,11,12);1-5H. The summed E-state index contributed by atoms with van der Waals surface area (Å²) in [4.78, 5) is 10.3. The van der Waals surface area contributed by atoms with Crippen LogP contribution in [-0.4, -0.2) is 15.0 Å². The number of nitriles is 1. The molecule has 0 spiro atoms. The molecule has 0 saturated heterocycles. The highest BCUT2D eigenvalue weighted by molar-refractivity contribution is 5.21. The normalized spacial score (nSPS) is 11.2. The predicted octanol–water partition coefficient (Wildman–Crippen LogP) is 2.92. The molecule has 0 bridgehead atoms. The van der Waals surface area contributed by atoms with Crippen LogP contribution in [0.3, 0.4) is 0 Å². The number of imidazole rings is 1. The van der Waals surface area contributed by atoms with Crippen molar-refractivity contribution in [2.24, 2.45) is 0 Å². The van der Waals surface area contributed by atoms with Crippen LogP contribution in [-0.2, 0) is 6.42 Å². The van der Waals surface area contributed by atoms with Gasteiger partial charge in [-0.2, -0.15) is 5.26 Å². The summed E-state index contributed by atoms with van der Waals surface area (Å²) < 4.78 is 0. The largest absolute Gasteiger partial charge is 0.368 e. The van der Waals surface area contributed by atoms with E-state index in [1.54, 1.807) is 0 Å². The van der Waals surface area contributed by atoms with Crippen LogP contribution in [0, 0.1) is 18.3 Å². The van der Waals surface area contributed by atoms with E-state index in [1.807, 2.05) is 45.3 Å². The number of nitrogens with one attached hydrogen (secondary N) is 2. The number of hydrogen-bond donors (Lipinski definition) is 2. The molecule has 2 aromatic heterocycles. The Balaban J connectivity index is 0.000000239. The number of H-pyrrole nitrogens is 2. The van der Waals surface area contributed by atoms with E-state index in [4.69, 9.17) is 5.26 Å². The first-order chi connectivity index (χ1) is 8.19. The molecule has 0 amide bonds. The number of rotatable bonds is 2. The molecule has 4 heteroatoms. The van der Waals surface area contributed by atoms with Gasteiger partial charge in [0, 0.05) is 24.5 Å². The molecule has 1 atom stereocenters. The fraction of sp³-hybridized carbons (Fsp3) is 0.385. The zero-order chi connectivity index (χ0) is 12.7. The van der Waals surface area contributed by atoms with Crippen molar-refractivity contribution in [3.63, 3.8) is 0 Å². The molecule has 0 aliphatic heterocycles. The fourth-order valence-electron chi connectivity index (χ4n) is 1.47. The van der Waals surface area contributed by atoms with Gasteiger partial charge >= 0.3 is 0 Å². The van der Waals surface area contributed by atoms with Crippen molar-refractivity contribution in [3.8, 4) is 6.07 Å². The third-order valence-electron chi connectivity index (χ3n) is 2.41. The summed E-state index contributed by atoms with van der Waals surface area (Å²) in [5.41, 5.74) is 1.90. The van der Waals surface area contributed by atoms with Gasteiger partial charge in [0.2, 0.25) is 0 Å². The molecular weight excluding hydrogens is 212 g/mol. The van der Waals surface area contributed by atoms with Gasteiger partial charge in [-0.05, 0) is 26.0 Å². The lowest BCUT2D eigenvalue weighted by atomic mass is 10.1. The Labute approximate surface area is 102 Å². The van der Waals surface area contributed by atoms with E-state index in [0.717, 1.165) is 23.6 Å². The minimum absolute atomic E-state index is 0.110. The maximum atomic E-state index is 8.69. The quantitative estimate of drug-likeness (QED) is 0.832. The van der Waals surface area contributed by atoms with Crippen LogP contribution in [0.5, 0.6) is 0 Å². The lowest BCUT2D eigenvalue weighted by molar-refractivity contribution is 0.903. The molecule has 2 heterocycles. The third kappa shape index (κ3) is 3.80. The summed E-state index contributed by atoms with van der Waals surface area (Å²) in [5, 5.41) is 8.69. The van der Waals surface area contributed by atoms with Crippen molar-refractivity contribution in [2.45, 2.75) is 33.1 Å². The number of nitrogens with zero attached hydrogens (tertiary/aromatic N) is 2. The smallest absolute Gasteiger partial charge is 0.106 e. The van der Waals surface area contributed by atoms with Gasteiger partial charge in [-0.15, -0.1) is 0 Å². The van der Waals surface area contributed by atoms with Gasteiger partial charge < -0.3 is 9.97 Å². The summed E-state index contributed by atoms with van der Waals surface area (Å²) in [7, 11) is 0. The lowest BCUT2D eigenvalue weighted by Crippen LogP contribution is -1.92. The van der Waals surface area contributed by atoms with Crippen LogP contribution >= 0.6 is 0 Å². The van der Waals surface area contributed by atoms with Crippen LogP contribution in [0.25, 0.3) is 0 Å². The lowest BCUT2D eigenvalue weighted by Gasteiger charge is -1.96. The predicted molar refractivity (Wildman–Crippen MR) is 67.5 cm³/mol. The summed E-state index contributed by atoms with van der Waals surface area (Å²) in [6, 6.07) is 6.07. The zero-order valence-corrected chi connectivity index (χ0v) is 10.5. The minimum atomic E-state index is -0.110. The molecule has 0 aromatic carbocycles. The Morgan fingerprint density at radius 1 is 1.41 bits per heavy atom. The Morgan fingerprint density at radius 2 is 2.06 bits per heavy atom. The van der Waals surface area contributed by atoms with Crippen molar-refractivity contribution in [1.82, 2.24) is 15.0 Å². The molecule has 0 radical (unpaired) electrons. The molecule has 2 N–H and O–H groups in total. The van der Waals surface area contributed by atoms with E-state index in [9.17, 15) is 0 Å². The molecule has 90 valence electrons. The number of aryl methyl sites for hydroxylation is 2. The highest BCUT2D eigenvalue weighted by Gasteiger charge is 2.11. The van der Waals surface area contributed by atoms with Gasteiger partial charge in [0.05, 0.1) is 17.7 Å². The maximum Gasteiger partial charge on any atom is 0.106 e. The van der Waals surface area contributed by atoms with Crippen molar-refractivity contribution < 1.29 is 0 Å². The van der Waals surface area contributed by atoms with Crippen LogP contribution in [0.2, 0.25) is 0 Å². The first-order valence-corrected chi connectivity index (χ1v) is 5.71. The van der Waals surface area contributed by atoms with Gasteiger partial charge in [-0.3, -0.25) is 0 Å². The molecule has 2 aromatic rings. The summed E-state index contributed by atoms with van der Waals surface area (Å²) in [6.07, 6.45) is 4.64. The van der Waals surface area contributed by atoms with Gasteiger partial charge in [-0.1, -0.05) is 6.92 Å². The average Bonchev–Trinajstić information content (AvgIpc) is 3.00. The second-order valence-electron chi connectivity index (χ2n) is 3.78. The summed E-state index contributed by atoms with van der Waals surface area (Å²) >= 11 is 0. The van der Waals surface area contributed by atoms with Crippen molar-refractivity contribution in [3.05, 3.63) is 41.7 Å². The molecule has 4 nitrogen and oxygen atoms in total. The second kappa shape index (κ2) is 6.54. The van der Waals surface area contributed by atoms with Gasteiger partial charge in [0.1, 0.15) is 5.82 Å². The first-order valence-electron chi connectivity index (χ1n) is 5.71. The van der Waals surface area contributed by atoms with E-state index in [-0.39, 0.29) is 5.92 Å². The molecule has 0 aliphatic carbocycles. The maximum absolute atomic E-state index is 8.69. The molecule has 1 unspecified atom stereocenters. The zero-order valence-electron chi connectivity index (χ0n) is 10.5. The molecule has 0 saturated carbocycles. The van der Waals surface area contributed by atoms with Gasteiger partial charge in [-0.25, -0.2) is 4.98 Å². The van der Waals surface area contributed by atoms with E-state index in [0.29, 0.717) is 0 Å². The van der Waals surface area contributed by atoms with Crippen molar-refractivity contribution >= 4 is 0 Å². The second-order valence-corrected chi connectivity index (χ2v) is 3.78. The Bertz CT molecular complexity index is 445. The van der Waals surface area contributed by atoms with E-state index >= 15 is 0 Å². The molecule has 2 rings (SSSR count). The third-order valence-corrected chi connectivity index (χ3v) is 2.41. The highest BCUT2D eigenvalue weighted by Crippen LogP contribution is 2.15. The Morgan fingerprint density at radius 3 is 2.41 bits per heavy atom. The van der Waals surface area contributed by atoms with Crippen LogP contribution in [0.4, 0.5) is 0 Å². The van der Waals surface area contributed by atoms with Crippen molar-refractivity contribution in [2.75, 3.05) is 0 Å². The highest BCUT2D eigenvalue weighted by atomic mass is 14.9. The van der Waals surface area contributed by atoms with Gasteiger partial charge in [0.15, 0.2) is 0 Å². The Kier molecular flexibility index (Phi) is 5.02. The summed E-state index contributed by atoms with van der Waals surface area (Å²) in [5.74, 6) is 0.853. The van der Waals surface area contributed by atoms with Crippen LogP contribution in [0.1, 0.15) is 37.0 Å². The fourth-order valence-corrected chi connectivity index (χ4v) is 1.47. The van der Waals surface area contributed by atoms with Gasteiger partial charge in [0.25, 0.3) is 0 Å². The van der Waals surface area contributed by atoms with E-state index in [2.05, 4.69) is 21.0 Å². The Hall–Kier alpha value is -2.02. The van der Waals surface area contributed by atoms with E-state index in [1.165, 1.54) is 0 Å². The topological polar surface area (TPSA) is 68.3 Å². The van der Waals surface area contributed by atoms with Crippen LogP contribution in [0.15, 0.2) is 24.5 Å². The number of aromatic amines is 2. The monoisotopic (exact) mass is 230 g/mol. The molecule has 0 fully saturated rings. The molecular formula is C13H18N4. The number of hydrogen-bond acceptors (Lipinski definition) is 2. The van der Waals surface area contributed by atoms with E-state index < -0.39 is 0 Å². The number of aromatic nitrogens is 3. The summed E-state index contributed by atoms with van der Waals surface area (Å²) in [6.45, 7) is 5.86. The molecule has 17 heavy (non-hydrogen) atoms. The first kappa shape index (κ1) is 13.0. The SMILES string of the molecule is CCc1nc(C(C)C#N)c(C)[nH]1.c1cc[nH]c1. The van der Waals surface area contributed by atoms with Crippen molar-refractivity contribution in [1.29, 1.82) is 5.26 Å². The average molecular weight is 230 g/mol. The van der Waals surface area contributed by atoms with Crippen LogP contribution < -0.4 is 0 Å². The minimum Gasteiger partial charge on any atom is -0.368 e.